The molecule has 2 aromatic rings. The van der Waals surface area contributed by atoms with Crippen LogP contribution in [0.15, 0.2) is 21.4 Å². The molecule has 0 fully saturated rings. The molecule has 148 valence electrons. The minimum atomic E-state index is -0.258. The van der Waals surface area contributed by atoms with E-state index in [1.807, 2.05) is 6.92 Å². The molecule has 0 saturated heterocycles. The van der Waals surface area contributed by atoms with E-state index in [9.17, 15) is 9.59 Å². The van der Waals surface area contributed by atoms with Gasteiger partial charge in [-0.15, -0.1) is 0 Å². The van der Waals surface area contributed by atoms with Crippen LogP contribution in [-0.2, 0) is 32.2 Å². The van der Waals surface area contributed by atoms with E-state index in [1.165, 1.54) is 11.1 Å². The van der Waals surface area contributed by atoms with Gasteiger partial charge >= 0.3 is 0 Å². The van der Waals surface area contributed by atoms with Crippen molar-refractivity contribution in [3.05, 3.63) is 60.5 Å². The third-order valence-corrected chi connectivity index (χ3v) is 7.21. The molecule has 4 nitrogen and oxygen atoms in total. The second-order valence-electron chi connectivity index (χ2n) is 7.91. The Balaban J connectivity index is 1.82. The van der Waals surface area contributed by atoms with Gasteiger partial charge < -0.3 is 9.88 Å². The van der Waals surface area contributed by atoms with E-state index in [-0.39, 0.29) is 11.3 Å². The molecule has 4 rings (SSSR count). The van der Waals surface area contributed by atoms with Gasteiger partial charge in [0.25, 0.3) is 5.91 Å². The van der Waals surface area contributed by atoms with Crippen LogP contribution >= 0.6 is 15.9 Å². The second-order valence-corrected chi connectivity index (χ2v) is 8.70. The number of pyridine rings is 1. The quantitative estimate of drug-likeness (QED) is 0.730. The Bertz CT molecular complexity index is 1010. The number of carbonyl (C=O) groups excluding carboxylic acids is 1. The highest BCUT2D eigenvalue weighted by Gasteiger charge is 2.26. The second kappa shape index (κ2) is 7.86. The number of benzene rings is 1. The number of halogens is 1. The number of nitrogens with one attached hydrogen (secondary N) is 1. The van der Waals surface area contributed by atoms with Gasteiger partial charge in [0.1, 0.15) is 5.56 Å². The van der Waals surface area contributed by atoms with Gasteiger partial charge in [-0.2, -0.15) is 0 Å². The Morgan fingerprint density at radius 3 is 2.75 bits per heavy atom. The van der Waals surface area contributed by atoms with Crippen LogP contribution in [0.3, 0.4) is 0 Å². The standard InChI is InChI=1S/C23H27BrN2O2/c1-3-15-11-12-16-8-7-9-17(16)21(15)25-23(28)19-18-10-5-4-6-13-26(18)14(2)20(24)22(19)27/h11-12H,3-10,13H2,1-2H3,(H,25,28). The molecule has 0 bridgehead atoms. The highest BCUT2D eigenvalue weighted by Crippen LogP contribution is 2.33. The first-order chi connectivity index (χ1) is 13.5. The zero-order valence-electron chi connectivity index (χ0n) is 16.7. The molecular weight excluding hydrogens is 416 g/mol. The topological polar surface area (TPSA) is 51.1 Å². The fourth-order valence-corrected chi connectivity index (χ4v) is 5.15. The molecule has 1 amide bonds. The van der Waals surface area contributed by atoms with Crippen molar-refractivity contribution in [2.45, 2.75) is 71.8 Å². The van der Waals surface area contributed by atoms with Crippen LogP contribution < -0.4 is 10.7 Å². The summed E-state index contributed by atoms with van der Waals surface area (Å²) in [7, 11) is 0. The fourth-order valence-electron chi connectivity index (χ4n) is 4.74. The summed E-state index contributed by atoms with van der Waals surface area (Å²) in [6, 6.07) is 4.32. The van der Waals surface area contributed by atoms with E-state index in [1.54, 1.807) is 0 Å². The maximum atomic E-state index is 13.4. The molecule has 0 saturated carbocycles. The summed E-state index contributed by atoms with van der Waals surface area (Å²) in [4.78, 5) is 26.5. The predicted molar refractivity (Wildman–Crippen MR) is 116 cm³/mol. The Morgan fingerprint density at radius 1 is 1.14 bits per heavy atom. The zero-order valence-corrected chi connectivity index (χ0v) is 18.2. The predicted octanol–water partition coefficient (Wildman–Crippen LogP) is 4.95. The van der Waals surface area contributed by atoms with Crippen molar-refractivity contribution in [2.24, 2.45) is 0 Å². The van der Waals surface area contributed by atoms with E-state index in [4.69, 9.17) is 0 Å². The van der Waals surface area contributed by atoms with Gasteiger partial charge in [0.15, 0.2) is 0 Å². The molecular formula is C23H27BrN2O2. The highest BCUT2D eigenvalue weighted by molar-refractivity contribution is 9.10. The number of aromatic nitrogens is 1. The smallest absolute Gasteiger partial charge is 0.261 e. The Hall–Kier alpha value is -1.88. The minimum Gasteiger partial charge on any atom is -0.347 e. The average Bonchev–Trinajstić information content (AvgIpc) is 3.04. The largest absolute Gasteiger partial charge is 0.347 e. The SMILES string of the molecule is CCc1ccc2c(c1NC(=O)c1c3n(c(C)c(Br)c1=O)CCCCC3)CCC2. The van der Waals surface area contributed by atoms with Gasteiger partial charge in [-0.05, 0) is 84.5 Å². The maximum Gasteiger partial charge on any atom is 0.261 e. The summed E-state index contributed by atoms with van der Waals surface area (Å²) in [5.41, 5.74) is 6.61. The van der Waals surface area contributed by atoms with Crippen molar-refractivity contribution in [3.8, 4) is 0 Å². The van der Waals surface area contributed by atoms with Gasteiger partial charge in [0, 0.05) is 23.6 Å². The van der Waals surface area contributed by atoms with Crippen LogP contribution in [0, 0.1) is 6.92 Å². The Labute approximate surface area is 174 Å². The van der Waals surface area contributed by atoms with E-state index in [2.05, 4.69) is 44.9 Å². The number of fused-ring (bicyclic) bond motifs is 2. The van der Waals surface area contributed by atoms with E-state index in [0.717, 1.165) is 80.6 Å². The van der Waals surface area contributed by atoms with Crippen molar-refractivity contribution in [1.82, 2.24) is 4.57 Å². The van der Waals surface area contributed by atoms with Crippen molar-refractivity contribution in [2.75, 3.05) is 5.32 Å². The van der Waals surface area contributed by atoms with Crippen molar-refractivity contribution in [1.29, 1.82) is 0 Å². The number of carbonyl (C=O) groups is 1. The lowest BCUT2D eigenvalue weighted by Crippen LogP contribution is -2.29. The third-order valence-electron chi connectivity index (χ3n) is 6.27. The molecule has 0 radical (unpaired) electrons. The van der Waals surface area contributed by atoms with Crippen molar-refractivity contribution >= 4 is 27.5 Å². The molecule has 0 spiro atoms. The van der Waals surface area contributed by atoms with Crippen LogP contribution in [0.1, 0.15) is 71.0 Å². The summed E-state index contributed by atoms with van der Waals surface area (Å²) < 4.78 is 2.68. The molecule has 1 aliphatic heterocycles. The van der Waals surface area contributed by atoms with E-state index >= 15 is 0 Å². The lowest BCUT2D eigenvalue weighted by molar-refractivity contribution is 0.102. The van der Waals surface area contributed by atoms with E-state index < -0.39 is 0 Å². The lowest BCUT2D eigenvalue weighted by Gasteiger charge is -2.20. The maximum absolute atomic E-state index is 13.4. The minimum absolute atomic E-state index is 0.186. The van der Waals surface area contributed by atoms with Crippen LogP contribution in [0.5, 0.6) is 0 Å². The summed E-state index contributed by atoms with van der Waals surface area (Å²) in [6.07, 6.45) is 8.04. The van der Waals surface area contributed by atoms with E-state index in [0.29, 0.717) is 10.0 Å². The molecule has 1 aliphatic carbocycles. The molecule has 1 aromatic heterocycles. The van der Waals surface area contributed by atoms with Gasteiger partial charge in [0.2, 0.25) is 5.43 Å². The zero-order chi connectivity index (χ0) is 19.8. The number of aryl methyl sites for hydroxylation is 2. The molecule has 1 aromatic carbocycles. The molecule has 28 heavy (non-hydrogen) atoms. The van der Waals surface area contributed by atoms with Crippen molar-refractivity contribution < 1.29 is 4.79 Å². The van der Waals surface area contributed by atoms with Crippen LogP contribution in [0.2, 0.25) is 0 Å². The molecule has 1 N–H and O–H groups in total. The number of anilines is 1. The first kappa shape index (κ1) is 19.4. The molecule has 5 heteroatoms. The highest BCUT2D eigenvalue weighted by atomic mass is 79.9. The normalized spacial score (nSPS) is 15.7. The first-order valence-corrected chi connectivity index (χ1v) is 11.2. The molecule has 0 unspecified atom stereocenters. The monoisotopic (exact) mass is 442 g/mol. The number of rotatable bonds is 3. The molecule has 2 heterocycles. The molecule has 2 aliphatic rings. The van der Waals surface area contributed by atoms with Gasteiger partial charge in [-0.25, -0.2) is 0 Å². The fraction of sp³-hybridized carbons (Fsp3) is 0.478. The average molecular weight is 443 g/mol. The van der Waals surface area contributed by atoms with Gasteiger partial charge in [-0.3, -0.25) is 9.59 Å². The summed E-state index contributed by atoms with van der Waals surface area (Å²) >= 11 is 3.45. The summed E-state index contributed by atoms with van der Waals surface area (Å²) in [6.45, 7) is 4.93. The number of nitrogens with zero attached hydrogens (tertiary/aromatic N) is 1. The summed E-state index contributed by atoms with van der Waals surface area (Å²) in [5.74, 6) is -0.258. The first-order valence-electron chi connectivity index (χ1n) is 10.4. The van der Waals surface area contributed by atoms with Crippen LogP contribution in [-0.4, -0.2) is 10.5 Å². The number of hydrogen-bond acceptors (Lipinski definition) is 2. The summed E-state index contributed by atoms with van der Waals surface area (Å²) in [5, 5.41) is 3.16. The third kappa shape index (κ3) is 3.24. The molecule has 0 atom stereocenters. The van der Waals surface area contributed by atoms with Gasteiger partial charge in [-0.1, -0.05) is 25.5 Å². The van der Waals surface area contributed by atoms with Crippen molar-refractivity contribution in [3.63, 3.8) is 0 Å². The van der Waals surface area contributed by atoms with Crippen LogP contribution in [0.25, 0.3) is 0 Å². The Morgan fingerprint density at radius 2 is 1.96 bits per heavy atom. The lowest BCUT2D eigenvalue weighted by atomic mass is 10.00. The Kier molecular flexibility index (Phi) is 5.46. The van der Waals surface area contributed by atoms with Crippen LogP contribution in [0.4, 0.5) is 5.69 Å². The number of amides is 1. The van der Waals surface area contributed by atoms with Gasteiger partial charge in [0.05, 0.1) is 4.47 Å². The number of hydrogen-bond donors (Lipinski definition) is 1.